The molecule has 2 aromatic heterocycles. The van der Waals surface area contributed by atoms with Crippen LogP contribution in [0.25, 0.3) is 22.2 Å². The fourth-order valence-electron chi connectivity index (χ4n) is 3.58. The highest BCUT2D eigenvalue weighted by Gasteiger charge is 2.23. The number of unbranched alkanes of at least 4 members (excludes halogenated alkanes) is 3. The van der Waals surface area contributed by atoms with Gasteiger partial charge in [-0.05, 0) is 42.3 Å². The normalized spacial score (nSPS) is 11.5. The van der Waals surface area contributed by atoms with Crippen LogP contribution in [-0.2, 0) is 0 Å². The van der Waals surface area contributed by atoms with E-state index >= 15 is 0 Å². The second-order valence-electron chi connectivity index (χ2n) is 7.77. The minimum absolute atomic E-state index is 0.116. The number of para-hydroxylation sites is 2. The summed E-state index contributed by atoms with van der Waals surface area (Å²) in [5, 5.41) is 26.6. The molecule has 4 rings (SSSR count). The molecule has 170 valence electrons. The number of anilines is 1. The third-order valence-corrected chi connectivity index (χ3v) is 5.34. The first-order valence-electron chi connectivity index (χ1n) is 10.9. The molecule has 0 aliphatic rings. The number of benzene rings is 2. The number of hydrogen-bond donors (Lipinski definition) is 4. The molecule has 33 heavy (non-hydrogen) atoms. The van der Waals surface area contributed by atoms with Gasteiger partial charge in [0.05, 0.1) is 17.2 Å². The smallest absolute Gasteiger partial charge is 0.257 e. The molecular weight excluding hydrogens is 420 g/mol. The number of carbonyl (C=O) groups excluding carboxylic acids is 1. The van der Waals surface area contributed by atoms with Crippen LogP contribution in [0.15, 0.2) is 47.6 Å². The van der Waals surface area contributed by atoms with Gasteiger partial charge in [0.2, 0.25) is 0 Å². The Labute approximate surface area is 190 Å². The zero-order chi connectivity index (χ0) is 23.4. The molecule has 0 bridgehead atoms. The third kappa shape index (κ3) is 4.57. The summed E-state index contributed by atoms with van der Waals surface area (Å²) in [6.07, 6.45) is 5.62. The number of carbonyl (C=O) groups is 1. The van der Waals surface area contributed by atoms with Crippen molar-refractivity contribution in [3.05, 3.63) is 53.6 Å². The van der Waals surface area contributed by atoms with Gasteiger partial charge in [-0.1, -0.05) is 38.3 Å². The molecule has 0 atom stereocenters. The van der Waals surface area contributed by atoms with Crippen LogP contribution in [0.3, 0.4) is 0 Å². The Balaban J connectivity index is 1.76. The second-order valence-corrected chi connectivity index (χ2v) is 7.77. The summed E-state index contributed by atoms with van der Waals surface area (Å²) in [5.41, 5.74) is 9.13. The molecule has 0 spiro atoms. The number of amides is 1. The Hall–Kier alpha value is -4.14. The van der Waals surface area contributed by atoms with Crippen molar-refractivity contribution in [1.29, 1.82) is 0 Å². The monoisotopic (exact) mass is 446 g/mol. The maximum Gasteiger partial charge on any atom is 0.257 e. The predicted octanol–water partition coefficient (Wildman–Crippen LogP) is 3.77. The number of phenolic OH excluding ortho intramolecular Hbond substituents is 2. The molecule has 0 fully saturated rings. The molecular formula is C24H26N6O3. The number of aromatic hydroxyl groups is 2. The number of nitrogens with one attached hydrogen (secondary N) is 1. The van der Waals surface area contributed by atoms with E-state index in [0.29, 0.717) is 34.3 Å². The van der Waals surface area contributed by atoms with Gasteiger partial charge in [0.15, 0.2) is 17.1 Å². The summed E-state index contributed by atoms with van der Waals surface area (Å²) in [4.78, 5) is 22.3. The van der Waals surface area contributed by atoms with Crippen LogP contribution in [0, 0.1) is 0 Å². The Morgan fingerprint density at radius 1 is 1.09 bits per heavy atom. The van der Waals surface area contributed by atoms with Gasteiger partial charge in [0.1, 0.15) is 16.9 Å². The number of hydrogen-bond acceptors (Lipinski definition) is 7. The molecule has 0 unspecified atom stereocenters. The highest BCUT2D eigenvalue weighted by molar-refractivity contribution is 6.10. The number of rotatable bonds is 8. The van der Waals surface area contributed by atoms with Crippen LogP contribution in [0.1, 0.15) is 48.5 Å². The first-order chi connectivity index (χ1) is 16.0. The molecule has 5 N–H and O–H groups in total. The standard InChI is InChI=1S/C24H26N6O3/c1-2-3-4-7-12-26-24(33)20-21-23(29-17-9-6-5-8-16(17)28-21)30(22(20)25)27-14-15-10-11-18(31)19(32)13-15/h5-6,8-11,13-14,31-32H,2-4,7,12,25H2,1H3,(H,26,33). The summed E-state index contributed by atoms with van der Waals surface area (Å²) in [6.45, 7) is 2.68. The van der Waals surface area contributed by atoms with Gasteiger partial charge in [0, 0.05) is 6.54 Å². The van der Waals surface area contributed by atoms with E-state index in [2.05, 4.69) is 27.3 Å². The molecule has 9 nitrogen and oxygen atoms in total. The van der Waals surface area contributed by atoms with Crippen LogP contribution in [-0.4, -0.2) is 43.5 Å². The lowest BCUT2D eigenvalue weighted by atomic mass is 10.2. The fourth-order valence-corrected chi connectivity index (χ4v) is 3.58. The van der Waals surface area contributed by atoms with E-state index in [1.165, 1.54) is 23.0 Å². The van der Waals surface area contributed by atoms with Crippen molar-refractivity contribution in [2.24, 2.45) is 5.10 Å². The summed E-state index contributed by atoms with van der Waals surface area (Å²) < 4.78 is 1.37. The summed E-state index contributed by atoms with van der Waals surface area (Å²) in [7, 11) is 0. The maximum atomic E-state index is 13.0. The van der Waals surface area contributed by atoms with Crippen LogP contribution in [0.2, 0.25) is 0 Å². The summed E-state index contributed by atoms with van der Waals surface area (Å²) >= 11 is 0. The van der Waals surface area contributed by atoms with Gasteiger partial charge in [-0.25, -0.2) is 9.97 Å². The van der Waals surface area contributed by atoms with E-state index in [0.717, 1.165) is 25.7 Å². The molecule has 0 saturated carbocycles. The van der Waals surface area contributed by atoms with Crippen molar-refractivity contribution in [2.75, 3.05) is 12.3 Å². The lowest BCUT2D eigenvalue weighted by Crippen LogP contribution is -2.25. The van der Waals surface area contributed by atoms with Crippen LogP contribution in [0.4, 0.5) is 5.82 Å². The molecule has 0 aliphatic heterocycles. The van der Waals surface area contributed by atoms with Gasteiger partial charge >= 0.3 is 0 Å². The SMILES string of the molecule is CCCCCCNC(=O)c1c(N)n(N=Cc2ccc(O)c(O)c2)c2nc3ccccc3nc12. The van der Waals surface area contributed by atoms with Crippen molar-refractivity contribution >= 4 is 40.1 Å². The van der Waals surface area contributed by atoms with Gasteiger partial charge in [-0.3, -0.25) is 4.79 Å². The van der Waals surface area contributed by atoms with Gasteiger partial charge in [-0.15, -0.1) is 0 Å². The van der Waals surface area contributed by atoms with E-state index < -0.39 is 0 Å². The Morgan fingerprint density at radius 2 is 1.85 bits per heavy atom. The number of nitrogens with two attached hydrogens (primary N) is 1. The number of aromatic nitrogens is 3. The lowest BCUT2D eigenvalue weighted by Gasteiger charge is -2.05. The van der Waals surface area contributed by atoms with Crippen LogP contribution >= 0.6 is 0 Å². The third-order valence-electron chi connectivity index (χ3n) is 5.34. The average Bonchev–Trinajstić information content (AvgIpc) is 3.08. The van der Waals surface area contributed by atoms with E-state index in [-0.39, 0.29) is 28.8 Å². The van der Waals surface area contributed by atoms with E-state index in [1.54, 1.807) is 6.07 Å². The Bertz CT molecular complexity index is 1350. The molecule has 0 radical (unpaired) electrons. The molecule has 2 heterocycles. The summed E-state index contributed by atoms with van der Waals surface area (Å²) in [6, 6.07) is 11.7. The van der Waals surface area contributed by atoms with Crippen molar-refractivity contribution in [2.45, 2.75) is 32.6 Å². The van der Waals surface area contributed by atoms with E-state index in [4.69, 9.17) is 5.73 Å². The molecule has 2 aromatic carbocycles. The minimum atomic E-state index is -0.324. The zero-order valence-electron chi connectivity index (χ0n) is 18.3. The van der Waals surface area contributed by atoms with Crippen LogP contribution in [0.5, 0.6) is 11.5 Å². The topological polar surface area (TPSA) is 139 Å². The highest BCUT2D eigenvalue weighted by Crippen LogP contribution is 2.28. The van der Waals surface area contributed by atoms with Crippen molar-refractivity contribution < 1.29 is 15.0 Å². The van der Waals surface area contributed by atoms with Gasteiger partial charge in [0.25, 0.3) is 5.91 Å². The average molecular weight is 447 g/mol. The number of nitrogens with zero attached hydrogens (tertiary/aromatic N) is 4. The first-order valence-corrected chi connectivity index (χ1v) is 10.9. The minimum Gasteiger partial charge on any atom is -0.504 e. The van der Waals surface area contributed by atoms with Crippen molar-refractivity contribution in [3.63, 3.8) is 0 Å². The second kappa shape index (κ2) is 9.56. The Kier molecular flexibility index (Phi) is 6.39. The van der Waals surface area contributed by atoms with Gasteiger partial charge in [-0.2, -0.15) is 9.78 Å². The number of nitrogen functional groups attached to an aromatic ring is 1. The Morgan fingerprint density at radius 3 is 2.58 bits per heavy atom. The van der Waals surface area contributed by atoms with E-state index in [9.17, 15) is 15.0 Å². The molecule has 0 saturated heterocycles. The lowest BCUT2D eigenvalue weighted by molar-refractivity contribution is 0.0955. The predicted molar refractivity (Wildman–Crippen MR) is 129 cm³/mol. The van der Waals surface area contributed by atoms with E-state index in [1.807, 2.05) is 24.3 Å². The zero-order valence-corrected chi connectivity index (χ0v) is 18.3. The van der Waals surface area contributed by atoms with Crippen LogP contribution < -0.4 is 11.1 Å². The quantitative estimate of drug-likeness (QED) is 0.185. The van der Waals surface area contributed by atoms with Crippen molar-refractivity contribution in [3.8, 4) is 11.5 Å². The largest absolute Gasteiger partial charge is 0.504 e. The van der Waals surface area contributed by atoms with Crippen molar-refractivity contribution in [1.82, 2.24) is 20.0 Å². The fraction of sp³-hybridized carbons (Fsp3) is 0.250. The molecule has 4 aromatic rings. The molecule has 9 heteroatoms. The first kappa shape index (κ1) is 22.1. The molecule has 0 aliphatic carbocycles. The molecule has 1 amide bonds. The van der Waals surface area contributed by atoms with Gasteiger partial charge < -0.3 is 21.3 Å². The number of phenols is 2. The highest BCUT2D eigenvalue weighted by atomic mass is 16.3. The number of fused-ring (bicyclic) bond motifs is 2. The summed E-state index contributed by atoms with van der Waals surface area (Å²) in [5.74, 6) is -0.702. The maximum absolute atomic E-state index is 13.0.